The zero-order valence-corrected chi connectivity index (χ0v) is 5.91. The van der Waals surface area contributed by atoms with Crippen molar-refractivity contribution in [2.24, 2.45) is 0 Å². The maximum atomic E-state index is 2.30. The molecule has 8 heavy (non-hydrogen) atoms. The van der Waals surface area contributed by atoms with Gasteiger partial charge in [-0.25, -0.2) is 0 Å². The van der Waals surface area contributed by atoms with Crippen LogP contribution in [-0.4, -0.2) is 11.5 Å². The van der Waals surface area contributed by atoms with Crippen LogP contribution in [0.25, 0.3) is 0 Å². The Hall–Kier alpha value is 0.0900. The van der Waals surface area contributed by atoms with E-state index < -0.39 is 0 Å². The van der Waals surface area contributed by atoms with Crippen molar-refractivity contribution in [3.8, 4) is 0 Å². The molecule has 0 spiro atoms. The second kappa shape index (κ2) is 4.02. The molecule has 0 atom stereocenters. The normalized spacial score (nSPS) is 26.0. The minimum atomic E-state index is 1.24. The first kappa shape index (κ1) is 6.21. The molecule has 0 aliphatic carbocycles. The number of thioether (sulfide) groups is 1. The summed E-state index contributed by atoms with van der Waals surface area (Å²) in [4.78, 5) is 0. The van der Waals surface area contributed by atoms with Gasteiger partial charge in [0.25, 0.3) is 0 Å². The van der Waals surface area contributed by atoms with Gasteiger partial charge >= 0.3 is 0 Å². The summed E-state index contributed by atoms with van der Waals surface area (Å²) in [6, 6.07) is 0. The zero-order valence-electron chi connectivity index (χ0n) is 5.10. The van der Waals surface area contributed by atoms with Crippen LogP contribution in [0.15, 0.2) is 12.2 Å². The monoisotopic (exact) mass is 128 g/mol. The van der Waals surface area contributed by atoms with Crippen LogP contribution in [0.5, 0.6) is 0 Å². The molecule has 46 valence electrons. The van der Waals surface area contributed by atoms with Crippen molar-refractivity contribution >= 4 is 11.8 Å². The molecule has 0 saturated heterocycles. The van der Waals surface area contributed by atoms with Crippen molar-refractivity contribution in [3.63, 3.8) is 0 Å². The van der Waals surface area contributed by atoms with Crippen LogP contribution in [0.4, 0.5) is 0 Å². The average molecular weight is 128 g/mol. The van der Waals surface area contributed by atoms with Crippen LogP contribution < -0.4 is 0 Å². The van der Waals surface area contributed by atoms with Crippen LogP contribution >= 0.6 is 11.8 Å². The Labute approximate surface area is 55.4 Å². The third kappa shape index (κ3) is 2.41. The summed E-state index contributed by atoms with van der Waals surface area (Å²) in [6.45, 7) is 0. The van der Waals surface area contributed by atoms with Gasteiger partial charge in [0.1, 0.15) is 0 Å². The van der Waals surface area contributed by atoms with E-state index in [1.54, 1.807) is 0 Å². The molecule has 1 heteroatoms. The molecule has 0 amide bonds. The van der Waals surface area contributed by atoms with E-state index in [0.717, 1.165) is 0 Å². The van der Waals surface area contributed by atoms with Gasteiger partial charge in [0.2, 0.25) is 0 Å². The van der Waals surface area contributed by atoms with Crippen LogP contribution in [0.3, 0.4) is 0 Å². The Morgan fingerprint density at radius 3 is 3.12 bits per heavy atom. The highest BCUT2D eigenvalue weighted by Crippen LogP contribution is 2.10. The number of allylic oxidation sites excluding steroid dienone is 1. The molecule has 0 N–H and O–H groups in total. The fourth-order valence-corrected chi connectivity index (χ4v) is 1.65. The Kier molecular flexibility index (Phi) is 3.12. The molecule has 0 nitrogen and oxygen atoms in total. The first-order valence-corrected chi connectivity index (χ1v) is 4.38. The summed E-state index contributed by atoms with van der Waals surface area (Å²) < 4.78 is 0. The molecule has 0 radical (unpaired) electrons. The van der Waals surface area contributed by atoms with Crippen molar-refractivity contribution in [3.05, 3.63) is 12.2 Å². The van der Waals surface area contributed by atoms with E-state index in [4.69, 9.17) is 0 Å². The summed E-state index contributed by atoms with van der Waals surface area (Å²) >= 11 is 2.04. The lowest BCUT2D eigenvalue weighted by atomic mass is 10.2. The number of hydrogen-bond acceptors (Lipinski definition) is 1. The first-order valence-electron chi connectivity index (χ1n) is 3.23. The second-order valence-electron chi connectivity index (χ2n) is 2.04. The van der Waals surface area contributed by atoms with Crippen LogP contribution in [0, 0.1) is 0 Å². The van der Waals surface area contributed by atoms with Crippen molar-refractivity contribution in [1.29, 1.82) is 0 Å². The molecule has 1 rings (SSSR count). The molecule has 1 heterocycles. The van der Waals surface area contributed by atoms with E-state index in [1.165, 1.54) is 30.8 Å². The highest BCUT2D eigenvalue weighted by Gasteiger charge is 1.89. The highest BCUT2D eigenvalue weighted by atomic mass is 32.2. The second-order valence-corrected chi connectivity index (χ2v) is 3.19. The van der Waals surface area contributed by atoms with Crippen LogP contribution in [-0.2, 0) is 0 Å². The van der Waals surface area contributed by atoms with Crippen molar-refractivity contribution in [2.45, 2.75) is 19.3 Å². The largest absolute Gasteiger partial charge is 0.158 e. The average Bonchev–Trinajstić information content (AvgIpc) is 1.62. The maximum Gasteiger partial charge on any atom is 0.0113 e. The van der Waals surface area contributed by atoms with Crippen molar-refractivity contribution in [1.82, 2.24) is 0 Å². The molecular formula is C7H12S. The van der Waals surface area contributed by atoms with Gasteiger partial charge in [-0.1, -0.05) is 12.2 Å². The van der Waals surface area contributed by atoms with Crippen molar-refractivity contribution in [2.75, 3.05) is 11.5 Å². The number of hydrogen-bond donors (Lipinski definition) is 0. The summed E-state index contributed by atoms with van der Waals surface area (Å²) in [6.07, 6.45) is 8.69. The minimum absolute atomic E-state index is 1.24. The molecule has 0 fully saturated rings. The molecule has 1 aliphatic heterocycles. The maximum absolute atomic E-state index is 2.30. The van der Waals surface area contributed by atoms with E-state index >= 15 is 0 Å². The molecule has 0 aromatic carbocycles. The fraction of sp³-hybridized carbons (Fsp3) is 0.714. The Morgan fingerprint density at radius 2 is 2.12 bits per heavy atom. The lowest BCUT2D eigenvalue weighted by molar-refractivity contribution is 0.819. The SMILES string of the molecule is C1=C\CSCCCC/1. The third-order valence-corrected chi connectivity index (χ3v) is 2.30. The molecule has 0 unspecified atom stereocenters. The molecule has 1 aliphatic rings. The zero-order chi connectivity index (χ0) is 5.66. The molecule has 0 saturated carbocycles. The highest BCUT2D eigenvalue weighted by molar-refractivity contribution is 7.99. The first-order chi connectivity index (χ1) is 4.00. The van der Waals surface area contributed by atoms with Gasteiger partial charge in [0.05, 0.1) is 0 Å². The van der Waals surface area contributed by atoms with E-state index in [9.17, 15) is 0 Å². The van der Waals surface area contributed by atoms with Gasteiger partial charge in [0.15, 0.2) is 0 Å². The van der Waals surface area contributed by atoms with Crippen LogP contribution in [0.1, 0.15) is 19.3 Å². The minimum Gasteiger partial charge on any atom is -0.158 e. The lowest BCUT2D eigenvalue weighted by Gasteiger charge is -2.00. The predicted octanol–water partition coefficient (Wildman–Crippen LogP) is 2.46. The van der Waals surface area contributed by atoms with Crippen molar-refractivity contribution < 1.29 is 0 Å². The van der Waals surface area contributed by atoms with E-state index in [-0.39, 0.29) is 0 Å². The number of rotatable bonds is 0. The quantitative estimate of drug-likeness (QED) is 0.452. The molecular weight excluding hydrogens is 116 g/mol. The molecule has 0 aromatic heterocycles. The Morgan fingerprint density at radius 1 is 1.12 bits per heavy atom. The Balaban J connectivity index is 2.17. The van der Waals surface area contributed by atoms with Crippen LogP contribution in [0.2, 0.25) is 0 Å². The summed E-state index contributed by atoms with van der Waals surface area (Å²) in [5.41, 5.74) is 0. The molecule has 0 bridgehead atoms. The standard InChI is InChI=1S/C7H12S/c1-2-4-6-8-7-5-3-1/h2,4H,1,3,5-7H2/b4-2-. The van der Waals surface area contributed by atoms with E-state index in [1.807, 2.05) is 11.8 Å². The fourth-order valence-electron chi connectivity index (χ4n) is 0.804. The smallest absolute Gasteiger partial charge is 0.0113 e. The third-order valence-electron chi connectivity index (χ3n) is 1.29. The van der Waals surface area contributed by atoms with Gasteiger partial charge in [0, 0.05) is 5.75 Å². The Bertz CT molecular complexity index is 66.5. The summed E-state index contributed by atoms with van der Waals surface area (Å²) in [7, 11) is 0. The molecule has 0 aromatic rings. The summed E-state index contributed by atoms with van der Waals surface area (Å²) in [5.74, 6) is 2.60. The van der Waals surface area contributed by atoms with E-state index in [2.05, 4.69) is 12.2 Å². The summed E-state index contributed by atoms with van der Waals surface area (Å²) in [5, 5.41) is 0. The lowest BCUT2D eigenvalue weighted by Crippen LogP contribution is -1.84. The topological polar surface area (TPSA) is 0 Å². The van der Waals surface area contributed by atoms with Gasteiger partial charge in [-0.15, -0.1) is 0 Å². The van der Waals surface area contributed by atoms with Gasteiger partial charge in [-0.05, 0) is 25.0 Å². The van der Waals surface area contributed by atoms with Gasteiger partial charge in [-0.3, -0.25) is 0 Å². The van der Waals surface area contributed by atoms with Gasteiger partial charge < -0.3 is 0 Å². The van der Waals surface area contributed by atoms with Gasteiger partial charge in [-0.2, -0.15) is 11.8 Å². The predicted molar refractivity (Wildman–Crippen MR) is 40.3 cm³/mol. The van der Waals surface area contributed by atoms with E-state index in [0.29, 0.717) is 0 Å².